The molecule has 4 aromatic carbocycles. The normalized spacial score (nSPS) is 11.0. The maximum absolute atomic E-state index is 6.65. The standard InChI is InChI=1S/C24H17N3S/c25-23-19(18-10-4-9-17(15-18)16-7-2-1-3-8-16)11-5-12-20(23)21-13-6-14-22-24(21)27-28-26-22/h1-15H,25H2. The predicted octanol–water partition coefficient (Wildman–Crippen LogP) is 6.27. The van der Waals surface area contributed by atoms with Crippen molar-refractivity contribution in [2.24, 2.45) is 0 Å². The van der Waals surface area contributed by atoms with E-state index in [9.17, 15) is 0 Å². The molecule has 5 aromatic rings. The molecule has 0 spiro atoms. The average molecular weight is 379 g/mol. The molecule has 5 rings (SSSR count). The molecule has 0 aliphatic rings. The van der Waals surface area contributed by atoms with Crippen LogP contribution in [0.1, 0.15) is 0 Å². The molecule has 3 nitrogen and oxygen atoms in total. The summed E-state index contributed by atoms with van der Waals surface area (Å²) in [6.07, 6.45) is 0. The van der Waals surface area contributed by atoms with Crippen LogP contribution in [-0.4, -0.2) is 8.75 Å². The number of benzene rings is 4. The first kappa shape index (κ1) is 16.7. The van der Waals surface area contributed by atoms with Crippen LogP contribution in [0.2, 0.25) is 0 Å². The van der Waals surface area contributed by atoms with E-state index in [2.05, 4.69) is 75.5 Å². The highest BCUT2D eigenvalue weighted by Gasteiger charge is 2.13. The number of rotatable bonds is 3. The molecule has 0 bridgehead atoms. The highest BCUT2D eigenvalue weighted by Crippen LogP contribution is 2.38. The van der Waals surface area contributed by atoms with E-state index >= 15 is 0 Å². The third-order valence-corrected chi connectivity index (χ3v) is 5.51. The summed E-state index contributed by atoms with van der Waals surface area (Å²) in [6.45, 7) is 0. The Morgan fingerprint density at radius 1 is 0.571 bits per heavy atom. The summed E-state index contributed by atoms with van der Waals surface area (Å²) in [5.41, 5.74) is 15.7. The van der Waals surface area contributed by atoms with Gasteiger partial charge < -0.3 is 5.73 Å². The van der Waals surface area contributed by atoms with Gasteiger partial charge in [0, 0.05) is 22.4 Å². The fourth-order valence-corrected chi connectivity index (χ4v) is 4.12. The van der Waals surface area contributed by atoms with Crippen LogP contribution in [-0.2, 0) is 0 Å². The van der Waals surface area contributed by atoms with Crippen molar-refractivity contribution in [2.75, 3.05) is 5.73 Å². The zero-order chi connectivity index (χ0) is 18.9. The summed E-state index contributed by atoms with van der Waals surface area (Å²) in [4.78, 5) is 0. The van der Waals surface area contributed by atoms with Crippen LogP contribution in [0.5, 0.6) is 0 Å². The Morgan fingerprint density at radius 3 is 2.14 bits per heavy atom. The van der Waals surface area contributed by atoms with Gasteiger partial charge in [-0.25, -0.2) is 0 Å². The lowest BCUT2D eigenvalue weighted by Gasteiger charge is -2.13. The molecule has 0 aliphatic heterocycles. The van der Waals surface area contributed by atoms with Crippen LogP contribution in [0, 0.1) is 0 Å². The van der Waals surface area contributed by atoms with Crippen LogP contribution in [0.4, 0.5) is 5.69 Å². The molecule has 0 fully saturated rings. The molecule has 0 saturated heterocycles. The topological polar surface area (TPSA) is 51.8 Å². The van der Waals surface area contributed by atoms with E-state index in [0.29, 0.717) is 0 Å². The van der Waals surface area contributed by atoms with Gasteiger partial charge >= 0.3 is 0 Å². The van der Waals surface area contributed by atoms with Crippen LogP contribution in [0.25, 0.3) is 44.4 Å². The molecule has 0 amide bonds. The molecule has 134 valence electrons. The van der Waals surface area contributed by atoms with Gasteiger partial charge in [0.05, 0.1) is 11.7 Å². The van der Waals surface area contributed by atoms with Crippen molar-refractivity contribution in [3.8, 4) is 33.4 Å². The third kappa shape index (κ3) is 2.84. The van der Waals surface area contributed by atoms with Gasteiger partial charge in [-0.15, -0.1) is 0 Å². The smallest absolute Gasteiger partial charge is 0.112 e. The molecule has 1 aromatic heterocycles. The van der Waals surface area contributed by atoms with Gasteiger partial charge in [0.25, 0.3) is 0 Å². The molecule has 0 unspecified atom stereocenters. The van der Waals surface area contributed by atoms with Crippen molar-refractivity contribution in [2.45, 2.75) is 0 Å². The van der Waals surface area contributed by atoms with E-state index in [-0.39, 0.29) is 0 Å². The second-order valence-electron chi connectivity index (χ2n) is 6.65. The Balaban J connectivity index is 1.65. The van der Waals surface area contributed by atoms with Gasteiger partial charge in [-0.2, -0.15) is 8.75 Å². The summed E-state index contributed by atoms with van der Waals surface area (Å²) >= 11 is 1.23. The fourth-order valence-electron chi connectivity index (χ4n) is 3.57. The van der Waals surface area contributed by atoms with Gasteiger partial charge in [-0.3, -0.25) is 0 Å². The SMILES string of the molecule is Nc1c(-c2cccc(-c3ccccc3)c2)cccc1-c1cccc2nsnc12. The Labute approximate surface area is 167 Å². The molecule has 0 aliphatic carbocycles. The quantitative estimate of drug-likeness (QED) is 0.376. The Hall–Kier alpha value is -3.50. The van der Waals surface area contributed by atoms with E-state index in [1.807, 2.05) is 24.3 Å². The Kier molecular flexibility index (Phi) is 4.11. The summed E-state index contributed by atoms with van der Waals surface area (Å²) in [7, 11) is 0. The average Bonchev–Trinajstić information content (AvgIpc) is 3.24. The van der Waals surface area contributed by atoms with Crippen molar-refractivity contribution >= 4 is 28.4 Å². The molecular formula is C24H17N3S. The van der Waals surface area contributed by atoms with Gasteiger partial charge in [0.15, 0.2) is 0 Å². The Morgan fingerprint density at radius 2 is 1.25 bits per heavy atom. The van der Waals surface area contributed by atoms with Crippen molar-refractivity contribution in [1.82, 2.24) is 8.75 Å². The number of para-hydroxylation sites is 1. The first-order valence-corrected chi connectivity index (χ1v) is 9.80. The van der Waals surface area contributed by atoms with Gasteiger partial charge in [-0.1, -0.05) is 78.9 Å². The minimum atomic E-state index is 0.758. The molecule has 4 heteroatoms. The largest absolute Gasteiger partial charge is 0.398 e. The van der Waals surface area contributed by atoms with Crippen LogP contribution < -0.4 is 5.73 Å². The molecule has 1 heterocycles. The van der Waals surface area contributed by atoms with Crippen molar-refractivity contribution in [1.29, 1.82) is 0 Å². The zero-order valence-corrected chi connectivity index (χ0v) is 15.9. The first-order chi connectivity index (χ1) is 13.8. The fraction of sp³-hybridized carbons (Fsp3) is 0. The highest BCUT2D eigenvalue weighted by molar-refractivity contribution is 7.00. The lowest BCUT2D eigenvalue weighted by atomic mass is 9.94. The first-order valence-electron chi connectivity index (χ1n) is 9.07. The van der Waals surface area contributed by atoms with Gasteiger partial charge in [0.2, 0.25) is 0 Å². The van der Waals surface area contributed by atoms with E-state index in [1.165, 1.54) is 22.9 Å². The van der Waals surface area contributed by atoms with E-state index < -0.39 is 0 Å². The molecule has 0 atom stereocenters. The number of hydrogen-bond donors (Lipinski definition) is 1. The number of aromatic nitrogens is 2. The lowest BCUT2D eigenvalue weighted by Crippen LogP contribution is -1.95. The van der Waals surface area contributed by atoms with Crippen LogP contribution in [0.15, 0.2) is 91.0 Å². The summed E-state index contributed by atoms with van der Waals surface area (Å²) in [5.74, 6) is 0. The summed E-state index contributed by atoms with van der Waals surface area (Å²) in [5, 5.41) is 0. The number of anilines is 1. The number of nitrogens with zero attached hydrogens (tertiary/aromatic N) is 2. The molecule has 0 saturated carbocycles. The second-order valence-corrected chi connectivity index (χ2v) is 7.18. The number of nitrogens with two attached hydrogens (primary N) is 1. The van der Waals surface area contributed by atoms with Crippen molar-refractivity contribution in [3.63, 3.8) is 0 Å². The Bertz CT molecular complexity index is 1280. The summed E-state index contributed by atoms with van der Waals surface area (Å²) in [6, 6.07) is 31.1. The number of fused-ring (bicyclic) bond motifs is 1. The molecule has 28 heavy (non-hydrogen) atoms. The minimum Gasteiger partial charge on any atom is -0.398 e. The van der Waals surface area contributed by atoms with E-state index in [0.717, 1.165) is 39.0 Å². The molecule has 0 radical (unpaired) electrons. The van der Waals surface area contributed by atoms with Gasteiger partial charge in [-0.05, 0) is 28.8 Å². The maximum atomic E-state index is 6.65. The van der Waals surface area contributed by atoms with Crippen molar-refractivity contribution in [3.05, 3.63) is 91.0 Å². The maximum Gasteiger partial charge on any atom is 0.112 e. The monoisotopic (exact) mass is 379 g/mol. The third-order valence-electron chi connectivity index (χ3n) is 4.96. The molecular weight excluding hydrogens is 362 g/mol. The molecule has 2 N–H and O–H groups in total. The van der Waals surface area contributed by atoms with Gasteiger partial charge in [0.1, 0.15) is 11.0 Å². The minimum absolute atomic E-state index is 0.758. The number of hydrogen-bond acceptors (Lipinski definition) is 4. The second kappa shape index (κ2) is 6.91. The van der Waals surface area contributed by atoms with Crippen LogP contribution in [0.3, 0.4) is 0 Å². The lowest BCUT2D eigenvalue weighted by molar-refractivity contribution is 1.56. The zero-order valence-electron chi connectivity index (χ0n) is 15.0. The van der Waals surface area contributed by atoms with E-state index in [1.54, 1.807) is 0 Å². The van der Waals surface area contributed by atoms with Crippen molar-refractivity contribution < 1.29 is 0 Å². The van der Waals surface area contributed by atoms with Crippen LogP contribution >= 0.6 is 11.7 Å². The highest BCUT2D eigenvalue weighted by atomic mass is 32.1. The number of nitrogen functional groups attached to an aromatic ring is 1. The summed E-state index contributed by atoms with van der Waals surface area (Å²) < 4.78 is 8.82. The predicted molar refractivity (Wildman–Crippen MR) is 118 cm³/mol. The van der Waals surface area contributed by atoms with E-state index in [4.69, 9.17) is 5.73 Å².